The lowest BCUT2D eigenvalue weighted by molar-refractivity contribution is 0.298. The zero-order valence-electron chi connectivity index (χ0n) is 10.5. The van der Waals surface area contributed by atoms with Crippen LogP contribution in [-0.4, -0.2) is 10.1 Å². The van der Waals surface area contributed by atoms with Crippen molar-refractivity contribution < 1.29 is 9.84 Å². The maximum absolute atomic E-state index is 9.74. The van der Waals surface area contributed by atoms with E-state index >= 15 is 0 Å². The lowest BCUT2D eigenvalue weighted by Gasteiger charge is -2.13. The summed E-state index contributed by atoms with van der Waals surface area (Å²) in [6.45, 7) is 4.01. The zero-order valence-corrected chi connectivity index (χ0v) is 10.5. The van der Waals surface area contributed by atoms with Crippen molar-refractivity contribution in [2.24, 2.45) is 0 Å². The van der Waals surface area contributed by atoms with Gasteiger partial charge in [-0.25, -0.2) is 4.98 Å². The van der Waals surface area contributed by atoms with Gasteiger partial charge in [-0.1, -0.05) is 30.3 Å². The zero-order chi connectivity index (χ0) is 13.1. The summed E-state index contributed by atoms with van der Waals surface area (Å²) >= 11 is 0. The molecule has 0 saturated heterocycles. The van der Waals surface area contributed by atoms with E-state index in [-0.39, 0.29) is 11.6 Å². The van der Waals surface area contributed by atoms with Gasteiger partial charge in [0.2, 0.25) is 0 Å². The van der Waals surface area contributed by atoms with E-state index in [1.165, 1.54) is 0 Å². The Morgan fingerprint density at radius 2 is 1.89 bits per heavy atom. The highest BCUT2D eigenvalue weighted by molar-refractivity contribution is 5.57. The van der Waals surface area contributed by atoms with Gasteiger partial charge >= 0.3 is 0 Å². The molecule has 0 atom stereocenters. The van der Waals surface area contributed by atoms with Crippen molar-refractivity contribution in [1.29, 1.82) is 0 Å². The number of aromatic nitrogens is 1. The fourth-order valence-corrected chi connectivity index (χ4v) is 1.80. The van der Waals surface area contributed by atoms with E-state index in [0.29, 0.717) is 23.6 Å². The average Bonchev–Trinajstić information content (AvgIpc) is 2.37. The molecule has 2 aromatic rings. The lowest BCUT2D eigenvalue weighted by Crippen LogP contribution is -2.03. The predicted molar refractivity (Wildman–Crippen MR) is 70.6 cm³/mol. The molecule has 0 saturated carbocycles. The van der Waals surface area contributed by atoms with Crippen LogP contribution >= 0.6 is 0 Å². The highest BCUT2D eigenvalue weighted by atomic mass is 16.5. The number of anilines is 1. The van der Waals surface area contributed by atoms with Gasteiger partial charge in [0.1, 0.15) is 12.4 Å². The largest absolute Gasteiger partial charge is 0.504 e. The molecule has 1 heterocycles. The van der Waals surface area contributed by atoms with E-state index in [0.717, 1.165) is 5.56 Å². The molecule has 18 heavy (non-hydrogen) atoms. The Bertz CT molecular complexity index is 553. The minimum atomic E-state index is -0.0105. The van der Waals surface area contributed by atoms with Crippen LogP contribution in [0.1, 0.15) is 16.8 Å². The van der Waals surface area contributed by atoms with Gasteiger partial charge in [0.25, 0.3) is 0 Å². The summed E-state index contributed by atoms with van der Waals surface area (Å²) in [5.41, 5.74) is 7.94. The second kappa shape index (κ2) is 4.96. The monoisotopic (exact) mass is 244 g/mol. The molecule has 4 nitrogen and oxygen atoms in total. The summed E-state index contributed by atoms with van der Waals surface area (Å²) in [5.74, 6) is 0.714. The van der Waals surface area contributed by atoms with E-state index in [9.17, 15) is 5.11 Å². The van der Waals surface area contributed by atoms with Gasteiger partial charge in [0, 0.05) is 5.56 Å². The number of hydrogen-bond donors (Lipinski definition) is 2. The van der Waals surface area contributed by atoms with Gasteiger partial charge in [-0.15, -0.1) is 0 Å². The Morgan fingerprint density at radius 3 is 2.56 bits per heavy atom. The van der Waals surface area contributed by atoms with Crippen LogP contribution < -0.4 is 10.5 Å². The van der Waals surface area contributed by atoms with Crippen molar-refractivity contribution in [3.05, 3.63) is 47.2 Å². The molecule has 0 aliphatic carbocycles. The van der Waals surface area contributed by atoms with Crippen LogP contribution in [0.25, 0.3) is 0 Å². The molecule has 0 amide bonds. The first-order chi connectivity index (χ1) is 8.59. The number of ether oxygens (including phenoxy) is 1. The molecule has 2 rings (SSSR count). The topological polar surface area (TPSA) is 68.4 Å². The summed E-state index contributed by atoms with van der Waals surface area (Å²) in [6.07, 6.45) is 0. The second-order valence-electron chi connectivity index (χ2n) is 4.16. The average molecular weight is 244 g/mol. The Balaban J connectivity index is 2.22. The Hall–Kier alpha value is -2.23. The Labute approximate surface area is 106 Å². The third-order valence-electron chi connectivity index (χ3n) is 2.78. The van der Waals surface area contributed by atoms with E-state index in [1.54, 1.807) is 6.92 Å². The summed E-state index contributed by atoms with van der Waals surface area (Å²) in [4.78, 5) is 4.05. The van der Waals surface area contributed by atoms with Gasteiger partial charge in [0.05, 0.1) is 5.69 Å². The van der Waals surface area contributed by atoms with Crippen LogP contribution in [0.2, 0.25) is 0 Å². The van der Waals surface area contributed by atoms with E-state index in [1.807, 2.05) is 37.3 Å². The van der Waals surface area contributed by atoms with Crippen LogP contribution in [0.4, 0.5) is 5.82 Å². The number of hydrogen-bond acceptors (Lipinski definition) is 4. The van der Waals surface area contributed by atoms with Crippen molar-refractivity contribution in [3.63, 3.8) is 0 Å². The van der Waals surface area contributed by atoms with Crippen molar-refractivity contribution in [1.82, 2.24) is 4.98 Å². The van der Waals surface area contributed by atoms with Gasteiger partial charge in [-0.05, 0) is 19.4 Å². The molecule has 0 aliphatic heterocycles. The summed E-state index contributed by atoms with van der Waals surface area (Å²) < 4.78 is 5.71. The second-order valence-corrected chi connectivity index (χ2v) is 4.16. The minimum Gasteiger partial charge on any atom is -0.504 e. The van der Waals surface area contributed by atoms with Crippen LogP contribution in [-0.2, 0) is 6.61 Å². The van der Waals surface area contributed by atoms with Gasteiger partial charge < -0.3 is 15.6 Å². The standard InChI is InChI=1S/C14H16N2O2/c1-9-12(17)14(15)16-10(2)13(9)18-8-11-6-4-3-5-7-11/h3-7,17H,8H2,1-2H3,(H2,15,16). The molecular formula is C14H16N2O2. The predicted octanol–water partition coefficient (Wildman–Crippen LogP) is 2.57. The van der Waals surface area contributed by atoms with Gasteiger partial charge in [-0.2, -0.15) is 0 Å². The molecule has 1 aromatic heterocycles. The third-order valence-corrected chi connectivity index (χ3v) is 2.78. The highest BCUT2D eigenvalue weighted by Crippen LogP contribution is 2.33. The van der Waals surface area contributed by atoms with Crippen molar-refractivity contribution in [2.75, 3.05) is 5.73 Å². The summed E-state index contributed by atoms with van der Waals surface area (Å²) in [6, 6.07) is 9.83. The van der Waals surface area contributed by atoms with Crippen LogP contribution in [0.5, 0.6) is 11.5 Å². The van der Waals surface area contributed by atoms with Gasteiger partial charge in [-0.3, -0.25) is 0 Å². The fraction of sp³-hybridized carbons (Fsp3) is 0.214. The molecule has 0 unspecified atom stereocenters. The maximum Gasteiger partial charge on any atom is 0.166 e. The highest BCUT2D eigenvalue weighted by Gasteiger charge is 2.13. The first-order valence-electron chi connectivity index (χ1n) is 5.72. The number of nitrogens with two attached hydrogens (primary N) is 1. The van der Waals surface area contributed by atoms with E-state index < -0.39 is 0 Å². The fourth-order valence-electron chi connectivity index (χ4n) is 1.80. The minimum absolute atomic E-state index is 0.0105. The van der Waals surface area contributed by atoms with Crippen molar-refractivity contribution in [2.45, 2.75) is 20.5 Å². The van der Waals surface area contributed by atoms with E-state index in [4.69, 9.17) is 10.5 Å². The lowest BCUT2D eigenvalue weighted by atomic mass is 10.2. The molecule has 94 valence electrons. The number of benzene rings is 1. The molecule has 0 fully saturated rings. The van der Waals surface area contributed by atoms with Crippen molar-refractivity contribution in [3.8, 4) is 11.5 Å². The number of rotatable bonds is 3. The Morgan fingerprint density at radius 1 is 1.22 bits per heavy atom. The number of pyridine rings is 1. The third kappa shape index (κ3) is 2.37. The smallest absolute Gasteiger partial charge is 0.166 e. The van der Waals surface area contributed by atoms with E-state index in [2.05, 4.69) is 4.98 Å². The normalized spacial score (nSPS) is 10.3. The summed E-state index contributed by atoms with van der Waals surface area (Å²) in [5, 5.41) is 9.74. The van der Waals surface area contributed by atoms with Crippen LogP contribution in [0, 0.1) is 13.8 Å². The van der Waals surface area contributed by atoms with Crippen LogP contribution in [0.15, 0.2) is 30.3 Å². The number of nitrogens with zero attached hydrogens (tertiary/aromatic N) is 1. The molecule has 1 aromatic carbocycles. The number of aromatic hydroxyl groups is 1. The molecule has 0 bridgehead atoms. The molecule has 3 N–H and O–H groups in total. The SMILES string of the molecule is Cc1nc(N)c(O)c(C)c1OCc1ccccc1. The Kier molecular flexibility index (Phi) is 3.37. The van der Waals surface area contributed by atoms with Crippen LogP contribution in [0.3, 0.4) is 0 Å². The van der Waals surface area contributed by atoms with Gasteiger partial charge in [0.15, 0.2) is 11.6 Å². The number of aryl methyl sites for hydroxylation is 1. The number of nitrogen functional groups attached to an aromatic ring is 1. The molecule has 0 aliphatic rings. The first kappa shape index (κ1) is 12.2. The molecule has 4 heteroatoms. The maximum atomic E-state index is 9.74. The molecule has 0 spiro atoms. The molecule has 0 radical (unpaired) electrons. The quantitative estimate of drug-likeness (QED) is 0.870. The molecular weight excluding hydrogens is 228 g/mol. The first-order valence-corrected chi connectivity index (χ1v) is 5.72. The summed E-state index contributed by atoms with van der Waals surface area (Å²) in [7, 11) is 0. The van der Waals surface area contributed by atoms with Crippen molar-refractivity contribution >= 4 is 5.82 Å².